The molecule has 1 nitrogen and oxygen atoms in total. The molecule has 70 valence electrons. The molecule has 1 fully saturated rings. The minimum absolute atomic E-state index is 0.00215. The first-order valence-corrected chi connectivity index (χ1v) is 5.06. The molecular weight excluding hydrogens is 146 g/mol. The molecule has 0 spiro atoms. The zero-order chi connectivity index (χ0) is 9.03. The van der Waals surface area contributed by atoms with Crippen molar-refractivity contribution in [2.45, 2.75) is 51.0 Å². The van der Waals surface area contributed by atoms with Gasteiger partial charge in [0.25, 0.3) is 0 Å². The van der Waals surface area contributed by atoms with E-state index >= 15 is 0 Å². The second-order valence-corrected chi connectivity index (χ2v) is 4.33. The van der Waals surface area contributed by atoms with Gasteiger partial charge < -0.3 is 5.73 Å². The molecule has 2 N–H and O–H groups in total. The van der Waals surface area contributed by atoms with Crippen LogP contribution in [0.2, 0.25) is 0 Å². The Bertz CT molecular complexity index is 143. The molecule has 0 aromatic carbocycles. The molecule has 1 rings (SSSR count). The average Bonchev–Trinajstić information content (AvgIpc) is 2.06. The second kappa shape index (κ2) is 4.08. The summed E-state index contributed by atoms with van der Waals surface area (Å²) in [7, 11) is 0. The Labute approximate surface area is 76.0 Å². The summed E-state index contributed by atoms with van der Waals surface area (Å²) in [5, 5.41) is 0. The van der Waals surface area contributed by atoms with Crippen molar-refractivity contribution in [3.8, 4) is 0 Å². The zero-order valence-electron chi connectivity index (χ0n) is 8.18. The summed E-state index contributed by atoms with van der Waals surface area (Å²) in [5.74, 6) is 0.726. The summed E-state index contributed by atoms with van der Waals surface area (Å²) in [6, 6.07) is 0. The van der Waals surface area contributed by atoms with Crippen LogP contribution in [0.4, 0.5) is 0 Å². The van der Waals surface area contributed by atoms with Crippen molar-refractivity contribution in [3.05, 3.63) is 12.7 Å². The largest absolute Gasteiger partial charge is 0.325 e. The van der Waals surface area contributed by atoms with E-state index in [4.69, 9.17) is 5.73 Å². The third kappa shape index (κ3) is 2.34. The van der Waals surface area contributed by atoms with Crippen LogP contribution in [0.15, 0.2) is 12.7 Å². The maximum absolute atomic E-state index is 6.23. The average molecular weight is 167 g/mol. The Morgan fingerprint density at radius 1 is 1.42 bits per heavy atom. The summed E-state index contributed by atoms with van der Waals surface area (Å²) in [6.07, 6.45) is 9.69. The van der Waals surface area contributed by atoms with E-state index in [0.29, 0.717) is 0 Å². The van der Waals surface area contributed by atoms with E-state index < -0.39 is 0 Å². The number of rotatable bonds is 3. The van der Waals surface area contributed by atoms with Crippen LogP contribution in [0.25, 0.3) is 0 Å². The van der Waals surface area contributed by atoms with Gasteiger partial charge in [-0.3, -0.25) is 0 Å². The lowest BCUT2D eigenvalue weighted by atomic mass is 9.75. The molecule has 1 aliphatic rings. The summed E-state index contributed by atoms with van der Waals surface area (Å²) in [4.78, 5) is 0. The van der Waals surface area contributed by atoms with E-state index in [9.17, 15) is 0 Å². The number of hydrogen-bond donors (Lipinski definition) is 1. The summed E-state index contributed by atoms with van der Waals surface area (Å²) in [6.45, 7) is 5.93. The molecule has 1 heteroatoms. The van der Waals surface area contributed by atoms with Crippen LogP contribution in [0.1, 0.15) is 45.4 Å². The summed E-state index contributed by atoms with van der Waals surface area (Å²) >= 11 is 0. The smallest absolute Gasteiger partial charge is 0.0188 e. The predicted molar refractivity (Wildman–Crippen MR) is 54.0 cm³/mol. The highest BCUT2D eigenvalue weighted by Gasteiger charge is 2.29. The molecule has 0 saturated heterocycles. The predicted octanol–water partition coefficient (Wildman–Crippen LogP) is 2.86. The quantitative estimate of drug-likeness (QED) is 0.643. The minimum Gasteiger partial charge on any atom is -0.325 e. The summed E-state index contributed by atoms with van der Waals surface area (Å²) in [5.41, 5.74) is 6.23. The highest BCUT2D eigenvalue weighted by molar-refractivity contribution is 4.93. The van der Waals surface area contributed by atoms with Gasteiger partial charge in [-0.25, -0.2) is 0 Å². The first kappa shape index (κ1) is 9.79. The second-order valence-electron chi connectivity index (χ2n) is 4.33. The van der Waals surface area contributed by atoms with Gasteiger partial charge in [-0.1, -0.05) is 25.3 Å². The van der Waals surface area contributed by atoms with Gasteiger partial charge in [0.05, 0.1) is 0 Å². The first-order valence-electron chi connectivity index (χ1n) is 5.06. The topological polar surface area (TPSA) is 26.0 Å². The van der Waals surface area contributed by atoms with Crippen LogP contribution in [-0.2, 0) is 0 Å². The van der Waals surface area contributed by atoms with Crippen LogP contribution >= 0.6 is 0 Å². The van der Waals surface area contributed by atoms with Gasteiger partial charge in [-0.2, -0.15) is 0 Å². The molecule has 0 aromatic rings. The van der Waals surface area contributed by atoms with Crippen molar-refractivity contribution in [1.82, 2.24) is 0 Å². The van der Waals surface area contributed by atoms with E-state index in [-0.39, 0.29) is 5.54 Å². The van der Waals surface area contributed by atoms with Crippen LogP contribution in [0, 0.1) is 5.92 Å². The Morgan fingerprint density at radius 2 is 2.00 bits per heavy atom. The Morgan fingerprint density at radius 3 is 2.50 bits per heavy atom. The highest BCUT2D eigenvalue weighted by Crippen LogP contribution is 2.32. The third-order valence-electron chi connectivity index (χ3n) is 3.12. The van der Waals surface area contributed by atoms with E-state index in [1.807, 2.05) is 6.08 Å². The molecule has 0 amide bonds. The van der Waals surface area contributed by atoms with Crippen LogP contribution < -0.4 is 5.73 Å². The van der Waals surface area contributed by atoms with Crippen molar-refractivity contribution in [1.29, 1.82) is 0 Å². The lowest BCUT2D eigenvalue weighted by Crippen LogP contribution is -2.44. The van der Waals surface area contributed by atoms with Gasteiger partial charge in [-0.05, 0) is 32.1 Å². The number of nitrogens with two attached hydrogens (primary N) is 1. The molecule has 0 bridgehead atoms. The maximum atomic E-state index is 6.23. The molecule has 0 unspecified atom stereocenters. The van der Waals surface area contributed by atoms with E-state index in [2.05, 4.69) is 13.5 Å². The molecule has 1 saturated carbocycles. The van der Waals surface area contributed by atoms with Crippen molar-refractivity contribution in [2.75, 3.05) is 0 Å². The number of hydrogen-bond acceptors (Lipinski definition) is 1. The molecular formula is C11H21N. The fourth-order valence-corrected chi connectivity index (χ4v) is 2.24. The Balaban J connectivity index is 2.47. The van der Waals surface area contributed by atoms with Crippen molar-refractivity contribution >= 4 is 0 Å². The van der Waals surface area contributed by atoms with Gasteiger partial charge in [0.15, 0.2) is 0 Å². The fourth-order valence-electron chi connectivity index (χ4n) is 2.24. The minimum atomic E-state index is 0.00215. The standard InChI is InChI=1S/C11H21N/c1-3-9-11(2,12)10-7-5-4-6-8-10/h3,10H,1,4-9,12H2,2H3/t11-/m1/s1. The van der Waals surface area contributed by atoms with Gasteiger partial charge in [0.1, 0.15) is 0 Å². The van der Waals surface area contributed by atoms with Crippen LogP contribution in [-0.4, -0.2) is 5.54 Å². The van der Waals surface area contributed by atoms with E-state index in [1.54, 1.807) is 0 Å². The Hall–Kier alpha value is -0.300. The van der Waals surface area contributed by atoms with Crippen molar-refractivity contribution in [2.24, 2.45) is 11.7 Å². The molecule has 1 aliphatic carbocycles. The van der Waals surface area contributed by atoms with Crippen LogP contribution in [0.3, 0.4) is 0 Å². The van der Waals surface area contributed by atoms with Gasteiger partial charge in [-0.15, -0.1) is 6.58 Å². The lowest BCUT2D eigenvalue weighted by Gasteiger charge is -2.36. The van der Waals surface area contributed by atoms with Gasteiger partial charge >= 0.3 is 0 Å². The van der Waals surface area contributed by atoms with Gasteiger partial charge in [0, 0.05) is 5.54 Å². The first-order chi connectivity index (χ1) is 5.67. The Kier molecular flexibility index (Phi) is 3.33. The van der Waals surface area contributed by atoms with Gasteiger partial charge in [0.2, 0.25) is 0 Å². The highest BCUT2D eigenvalue weighted by atomic mass is 14.7. The van der Waals surface area contributed by atoms with Crippen molar-refractivity contribution < 1.29 is 0 Å². The molecule has 0 aromatic heterocycles. The monoisotopic (exact) mass is 167 g/mol. The third-order valence-corrected chi connectivity index (χ3v) is 3.12. The molecule has 0 heterocycles. The fraction of sp³-hybridized carbons (Fsp3) is 0.818. The maximum Gasteiger partial charge on any atom is 0.0188 e. The zero-order valence-corrected chi connectivity index (χ0v) is 8.18. The SMILES string of the molecule is C=CC[C@@](C)(N)C1CCCCC1. The summed E-state index contributed by atoms with van der Waals surface area (Å²) < 4.78 is 0. The van der Waals surface area contributed by atoms with Crippen LogP contribution in [0.5, 0.6) is 0 Å². The van der Waals surface area contributed by atoms with Crippen molar-refractivity contribution in [3.63, 3.8) is 0 Å². The normalized spacial score (nSPS) is 24.8. The molecule has 0 aliphatic heterocycles. The van der Waals surface area contributed by atoms with E-state index in [0.717, 1.165) is 12.3 Å². The lowest BCUT2D eigenvalue weighted by molar-refractivity contribution is 0.224. The molecule has 0 radical (unpaired) electrons. The molecule has 12 heavy (non-hydrogen) atoms. The van der Waals surface area contributed by atoms with E-state index in [1.165, 1.54) is 32.1 Å². The molecule has 1 atom stereocenters.